The van der Waals surface area contributed by atoms with Gasteiger partial charge in [0, 0.05) is 17.3 Å². The molecule has 0 aliphatic heterocycles. The van der Waals surface area contributed by atoms with Crippen molar-refractivity contribution in [3.8, 4) is 16.4 Å². The van der Waals surface area contributed by atoms with Crippen molar-refractivity contribution in [1.29, 1.82) is 0 Å². The number of anilines is 2. The molecule has 0 aliphatic carbocycles. The predicted molar refractivity (Wildman–Crippen MR) is 122 cm³/mol. The van der Waals surface area contributed by atoms with Crippen LogP contribution in [0.4, 0.5) is 15.8 Å². The van der Waals surface area contributed by atoms with Crippen LogP contribution in [0.25, 0.3) is 16.4 Å². The number of halogens is 1. The Morgan fingerprint density at radius 2 is 1.72 bits per heavy atom. The summed E-state index contributed by atoms with van der Waals surface area (Å²) in [6.07, 6.45) is 0. The second-order valence-corrected chi connectivity index (χ2v) is 8.25. The molecular formula is C23H20FN5O2S. The van der Waals surface area contributed by atoms with E-state index in [-0.39, 0.29) is 17.6 Å². The fraction of sp³-hybridized carbons (Fsp3) is 0.130. The van der Waals surface area contributed by atoms with E-state index >= 15 is 0 Å². The van der Waals surface area contributed by atoms with E-state index < -0.39 is 11.7 Å². The number of nitrogens with one attached hydrogen (secondary N) is 2. The van der Waals surface area contributed by atoms with Gasteiger partial charge in [-0.2, -0.15) is 0 Å². The average molecular weight is 450 g/mol. The average Bonchev–Trinajstić information content (AvgIpc) is 3.45. The minimum atomic E-state index is -0.503. The number of aromatic nitrogens is 3. The minimum absolute atomic E-state index is 0.0464. The van der Waals surface area contributed by atoms with Gasteiger partial charge in [0.25, 0.3) is 5.91 Å². The molecule has 0 fully saturated rings. The van der Waals surface area contributed by atoms with Gasteiger partial charge in [-0.3, -0.25) is 9.59 Å². The third-order valence-electron chi connectivity index (χ3n) is 4.54. The molecule has 162 valence electrons. The highest BCUT2D eigenvalue weighted by Crippen LogP contribution is 2.26. The molecule has 0 spiro atoms. The van der Waals surface area contributed by atoms with E-state index in [0.717, 1.165) is 4.88 Å². The first kappa shape index (κ1) is 21.4. The number of nitrogens with zero attached hydrogens (tertiary/aromatic N) is 3. The van der Waals surface area contributed by atoms with Crippen molar-refractivity contribution in [3.05, 3.63) is 77.7 Å². The Bertz CT molecular complexity index is 1250. The first-order valence-corrected chi connectivity index (χ1v) is 10.8. The zero-order chi connectivity index (χ0) is 22.7. The summed E-state index contributed by atoms with van der Waals surface area (Å²) in [7, 11) is 0. The lowest BCUT2D eigenvalue weighted by Gasteiger charge is -2.08. The van der Waals surface area contributed by atoms with Crippen molar-refractivity contribution in [2.75, 3.05) is 10.6 Å². The summed E-state index contributed by atoms with van der Waals surface area (Å²) in [5.74, 6) is -0.735. The molecule has 0 saturated carbocycles. The van der Waals surface area contributed by atoms with Crippen molar-refractivity contribution in [1.82, 2.24) is 14.8 Å². The van der Waals surface area contributed by atoms with Gasteiger partial charge in [-0.05, 0) is 53.9 Å². The second kappa shape index (κ2) is 9.11. The highest BCUT2D eigenvalue weighted by molar-refractivity contribution is 7.13. The van der Waals surface area contributed by atoms with Crippen LogP contribution in [0.15, 0.2) is 66.0 Å². The number of thiophene rings is 1. The van der Waals surface area contributed by atoms with E-state index in [1.54, 1.807) is 36.4 Å². The summed E-state index contributed by atoms with van der Waals surface area (Å²) >= 11 is 1.44. The minimum Gasteiger partial charge on any atom is -0.326 e. The van der Waals surface area contributed by atoms with Crippen LogP contribution >= 0.6 is 11.3 Å². The van der Waals surface area contributed by atoms with Gasteiger partial charge in [-0.15, -0.1) is 16.4 Å². The Labute approximate surface area is 187 Å². The number of carbonyl (C=O) groups is 2. The molecule has 0 unspecified atom stereocenters. The fourth-order valence-electron chi connectivity index (χ4n) is 2.87. The predicted octanol–water partition coefficient (Wildman–Crippen LogP) is 4.98. The van der Waals surface area contributed by atoms with Crippen LogP contribution < -0.4 is 10.6 Å². The van der Waals surface area contributed by atoms with Crippen LogP contribution in [0.2, 0.25) is 0 Å². The van der Waals surface area contributed by atoms with Crippen molar-refractivity contribution in [2.24, 2.45) is 5.92 Å². The smallest absolute Gasteiger partial charge is 0.295 e. The lowest BCUT2D eigenvalue weighted by atomic mass is 10.2. The Hall–Kier alpha value is -3.85. The molecule has 2 heterocycles. The molecule has 0 bridgehead atoms. The summed E-state index contributed by atoms with van der Waals surface area (Å²) in [5, 5.41) is 11.8. The summed E-state index contributed by atoms with van der Waals surface area (Å²) in [5.41, 5.74) is 1.62. The van der Waals surface area contributed by atoms with E-state index in [4.69, 9.17) is 0 Å². The number of hydrogen-bond donors (Lipinski definition) is 2. The molecule has 0 atom stereocenters. The van der Waals surface area contributed by atoms with Crippen LogP contribution in [0.3, 0.4) is 0 Å². The van der Waals surface area contributed by atoms with E-state index in [9.17, 15) is 14.0 Å². The number of rotatable bonds is 6. The maximum Gasteiger partial charge on any atom is 0.295 e. The first-order chi connectivity index (χ1) is 15.4. The van der Waals surface area contributed by atoms with Gasteiger partial charge in [0.05, 0.1) is 10.6 Å². The quantitative estimate of drug-likeness (QED) is 0.434. The van der Waals surface area contributed by atoms with Crippen LogP contribution in [0.5, 0.6) is 0 Å². The highest BCUT2D eigenvalue weighted by Gasteiger charge is 2.20. The van der Waals surface area contributed by atoms with Gasteiger partial charge in [-0.25, -0.2) is 14.1 Å². The fourth-order valence-corrected chi connectivity index (χ4v) is 3.57. The molecule has 2 amide bonds. The topological polar surface area (TPSA) is 88.9 Å². The summed E-state index contributed by atoms with van der Waals surface area (Å²) in [6.45, 7) is 3.62. The third-order valence-corrected chi connectivity index (χ3v) is 5.41. The second-order valence-electron chi connectivity index (χ2n) is 7.30. The largest absolute Gasteiger partial charge is 0.326 e. The molecule has 0 aliphatic rings. The lowest BCUT2D eigenvalue weighted by Crippen LogP contribution is -2.18. The molecule has 4 aromatic rings. The van der Waals surface area contributed by atoms with Crippen LogP contribution in [-0.4, -0.2) is 26.6 Å². The van der Waals surface area contributed by atoms with E-state index in [1.807, 2.05) is 31.4 Å². The van der Waals surface area contributed by atoms with E-state index in [2.05, 4.69) is 20.7 Å². The van der Waals surface area contributed by atoms with Crippen molar-refractivity contribution >= 4 is 34.5 Å². The molecule has 2 N–H and O–H groups in total. The molecule has 7 nitrogen and oxygen atoms in total. The molecule has 0 saturated heterocycles. The highest BCUT2D eigenvalue weighted by atomic mass is 32.1. The number of hydrogen-bond acceptors (Lipinski definition) is 5. The lowest BCUT2D eigenvalue weighted by molar-refractivity contribution is -0.118. The van der Waals surface area contributed by atoms with Crippen LogP contribution in [0, 0.1) is 11.7 Å². The standard InChI is InChI=1S/C23H20FN5O2S/c1-14(2)22(30)25-16-8-10-17(11-9-16)26-23(31)20-27-21(19-7-4-12-32-19)29(28-20)18-6-3-5-15(24)13-18/h3-14H,1-2H3,(H,25,30)(H,26,31). The number of carbonyl (C=O) groups excluding carboxylic acids is 2. The Kier molecular flexibility index (Phi) is 6.09. The van der Waals surface area contributed by atoms with Gasteiger partial charge in [0.15, 0.2) is 5.82 Å². The molecule has 2 aromatic carbocycles. The molecule has 4 rings (SSSR count). The van der Waals surface area contributed by atoms with Crippen LogP contribution in [-0.2, 0) is 4.79 Å². The SMILES string of the molecule is CC(C)C(=O)Nc1ccc(NC(=O)c2nc(-c3cccs3)n(-c3cccc(F)c3)n2)cc1. The molecule has 2 aromatic heterocycles. The summed E-state index contributed by atoms with van der Waals surface area (Å²) < 4.78 is 15.2. The van der Waals surface area contributed by atoms with Crippen molar-refractivity contribution in [3.63, 3.8) is 0 Å². The first-order valence-electron chi connectivity index (χ1n) is 9.90. The molecule has 0 radical (unpaired) electrons. The molecule has 32 heavy (non-hydrogen) atoms. The number of amides is 2. The molecule has 9 heteroatoms. The normalized spacial score (nSPS) is 10.9. The maximum atomic E-state index is 13.8. The Balaban J connectivity index is 1.58. The van der Waals surface area contributed by atoms with Gasteiger partial charge in [0.1, 0.15) is 5.82 Å². The molecular weight excluding hydrogens is 429 g/mol. The van der Waals surface area contributed by atoms with Crippen LogP contribution in [0.1, 0.15) is 24.5 Å². The Morgan fingerprint density at radius 1 is 1.00 bits per heavy atom. The van der Waals surface area contributed by atoms with Gasteiger partial charge in [-0.1, -0.05) is 26.0 Å². The van der Waals surface area contributed by atoms with Crippen molar-refractivity contribution < 1.29 is 14.0 Å². The van der Waals surface area contributed by atoms with Gasteiger partial charge < -0.3 is 10.6 Å². The Morgan fingerprint density at radius 3 is 2.34 bits per heavy atom. The van der Waals surface area contributed by atoms with E-state index in [1.165, 1.54) is 28.2 Å². The third kappa shape index (κ3) is 4.73. The van der Waals surface area contributed by atoms with Crippen molar-refractivity contribution in [2.45, 2.75) is 13.8 Å². The van der Waals surface area contributed by atoms with E-state index in [0.29, 0.717) is 22.9 Å². The number of benzene rings is 2. The summed E-state index contributed by atoms with van der Waals surface area (Å²) in [6, 6.07) is 16.4. The van der Waals surface area contributed by atoms with Gasteiger partial charge in [0.2, 0.25) is 11.7 Å². The zero-order valence-electron chi connectivity index (χ0n) is 17.4. The maximum absolute atomic E-state index is 13.8. The van der Waals surface area contributed by atoms with Gasteiger partial charge >= 0.3 is 0 Å². The summed E-state index contributed by atoms with van der Waals surface area (Å²) in [4.78, 5) is 29.8. The zero-order valence-corrected chi connectivity index (χ0v) is 18.2. The monoisotopic (exact) mass is 449 g/mol.